The third kappa shape index (κ3) is 3.52. The number of nitrogens with one attached hydrogen (secondary N) is 1. The lowest BCUT2D eigenvalue weighted by Gasteiger charge is -2.17. The minimum absolute atomic E-state index is 0.0746. The van der Waals surface area contributed by atoms with Crippen LogP contribution in [-0.4, -0.2) is 44.8 Å². The Morgan fingerprint density at radius 3 is 2.92 bits per heavy atom. The van der Waals surface area contributed by atoms with Gasteiger partial charge in [0.1, 0.15) is 5.82 Å². The molecule has 1 amide bonds. The van der Waals surface area contributed by atoms with Crippen LogP contribution in [-0.2, 0) is 22.6 Å². The van der Waals surface area contributed by atoms with Crippen LogP contribution in [0.2, 0.25) is 0 Å². The molecule has 25 heavy (non-hydrogen) atoms. The van der Waals surface area contributed by atoms with Crippen LogP contribution in [0.4, 0.5) is 0 Å². The van der Waals surface area contributed by atoms with Crippen molar-refractivity contribution in [3.05, 3.63) is 46.5 Å². The van der Waals surface area contributed by atoms with Crippen molar-refractivity contribution in [2.24, 2.45) is 0 Å². The summed E-state index contributed by atoms with van der Waals surface area (Å²) in [6.45, 7) is 2.86. The van der Waals surface area contributed by atoms with Crippen LogP contribution in [0, 0.1) is 4.77 Å². The summed E-state index contributed by atoms with van der Waals surface area (Å²) in [4.78, 5) is 14.4. The highest BCUT2D eigenvalue weighted by atomic mass is 32.1. The number of hydrogen-bond acceptors (Lipinski definition) is 4. The van der Waals surface area contributed by atoms with Gasteiger partial charge in [-0.3, -0.25) is 9.89 Å². The summed E-state index contributed by atoms with van der Waals surface area (Å²) in [5.74, 6) is 1.13. The second kappa shape index (κ2) is 7.09. The zero-order chi connectivity index (χ0) is 17.2. The van der Waals surface area contributed by atoms with Crippen LogP contribution in [0.15, 0.2) is 30.3 Å². The predicted octanol–water partition coefficient (Wildman–Crippen LogP) is 2.64. The molecule has 1 N–H and O–H groups in total. The van der Waals surface area contributed by atoms with Crippen LogP contribution in [0.5, 0.6) is 0 Å². The topological polar surface area (TPSA) is 63.1 Å². The third-order valence-corrected chi connectivity index (χ3v) is 5.31. The second-order valence-electron chi connectivity index (χ2n) is 6.79. The van der Waals surface area contributed by atoms with E-state index in [0.717, 1.165) is 30.8 Å². The van der Waals surface area contributed by atoms with Gasteiger partial charge in [0.2, 0.25) is 5.91 Å². The van der Waals surface area contributed by atoms with E-state index in [2.05, 4.69) is 10.2 Å². The number of amides is 1. The number of nitrogens with zero attached hydrogens (tertiary/aromatic N) is 3. The summed E-state index contributed by atoms with van der Waals surface area (Å²) in [6, 6.07) is 10.1. The van der Waals surface area contributed by atoms with Crippen LogP contribution >= 0.6 is 12.2 Å². The second-order valence-corrected chi connectivity index (χ2v) is 7.18. The SMILES string of the molecule is O=C1CC(c2n[nH]c(=S)n2CC2CCCO2)CN1Cc1ccccc1. The Hall–Kier alpha value is -1.99. The lowest BCUT2D eigenvalue weighted by atomic mass is 10.1. The van der Waals surface area contributed by atoms with Gasteiger partial charge >= 0.3 is 0 Å². The van der Waals surface area contributed by atoms with E-state index in [1.807, 2.05) is 39.8 Å². The van der Waals surface area contributed by atoms with Gasteiger partial charge in [-0.05, 0) is 30.6 Å². The maximum Gasteiger partial charge on any atom is 0.223 e. The number of aromatic amines is 1. The minimum atomic E-state index is 0.0746. The third-order valence-electron chi connectivity index (χ3n) is 4.99. The Bertz CT molecular complexity index is 795. The minimum Gasteiger partial charge on any atom is -0.376 e. The monoisotopic (exact) mass is 358 g/mol. The van der Waals surface area contributed by atoms with E-state index in [4.69, 9.17) is 17.0 Å². The van der Waals surface area contributed by atoms with E-state index in [0.29, 0.717) is 30.8 Å². The molecule has 0 radical (unpaired) electrons. The lowest BCUT2D eigenvalue weighted by Crippen LogP contribution is -2.25. The molecule has 6 nitrogen and oxygen atoms in total. The molecule has 3 heterocycles. The molecular formula is C18H22N4O2S. The van der Waals surface area contributed by atoms with E-state index in [1.54, 1.807) is 0 Å². The number of hydrogen-bond donors (Lipinski definition) is 1. The molecule has 0 aliphatic carbocycles. The molecule has 1 aromatic carbocycles. The molecule has 2 unspecified atom stereocenters. The van der Waals surface area contributed by atoms with E-state index in [1.165, 1.54) is 0 Å². The molecule has 2 aliphatic heterocycles. The first-order chi connectivity index (χ1) is 12.2. The number of carbonyl (C=O) groups is 1. The predicted molar refractivity (Wildman–Crippen MR) is 95.6 cm³/mol. The molecule has 0 bridgehead atoms. The summed E-state index contributed by atoms with van der Waals surface area (Å²) in [6.07, 6.45) is 2.83. The Morgan fingerprint density at radius 2 is 2.16 bits per heavy atom. The highest BCUT2D eigenvalue weighted by Crippen LogP contribution is 2.29. The molecule has 132 valence electrons. The highest BCUT2D eigenvalue weighted by Gasteiger charge is 2.34. The summed E-state index contributed by atoms with van der Waals surface area (Å²) in [5.41, 5.74) is 1.15. The fourth-order valence-electron chi connectivity index (χ4n) is 3.71. The standard InChI is InChI=1S/C18H22N4O2S/c23-16-9-14(11-21(16)10-13-5-2-1-3-6-13)17-19-20-18(25)22(17)12-15-7-4-8-24-15/h1-3,5-6,14-15H,4,7-12H2,(H,20,25). The number of benzene rings is 1. The molecule has 2 aliphatic rings. The van der Waals surface area contributed by atoms with Gasteiger partial charge < -0.3 is 14.2 Å². The van der Waals surface area contributed by atoms with Crippen LogP contribution in [0.1, 0.15) is 36.6 Å². The number of H-pyrrole nitrogens is 1. The summed E-state index contributed by atoms with van der Waals surface area (Å²) >= 11 is 5.40. The molecule has 2 fully saturated rings. The molecule has 2 aromatic rings. The summed E-state index contributed by atoms with van der Waals surface area (Å²) in [5, 5.41) is 7.32. The highest BCUT2D eigenvalue weighted by molar-refractivity contribution is 7.71. The molecule has 0 spiro atoms. The Morgan fingerprint density at radius 1 is 1.32 bits per heavy atom. The van der Waals surface area contributed by atoms with Gasteiger partial charge in [0.05, 0.1) is 12.6 Å². The van der Waals surface area contributed by atoms with Gasteiger partial charge in [-0.25, -0.2) is 0 Å². The van der Waals surface area contributed by atoms with E-state index < -0.39 is 0 Å². The average Bonchev–Trinajstić information content (AvgIpc) is 3.33. The number of carbonyl (C=O) groups excluding carboxylic acids is 1. The largest absolute Gasteiger partial charge is 0.376 e. The summed E-state index contributed by atoms with van der Waals surface area (Å²) in [7, 11) is 0. The van der Waals surface area contributed by atoms with E-state index >= 15 is 0 Å². The first-order valence-corrected chi connectivity index (χ1v) is 9.20. The molecule has 2 atom stereocenters. The van der Waals surface area contributed by atoms with Gasteiger partial charge in [0.25, 0.3) is 0 Å². The smallest absolute Gasteiger partial charge is 0.223 e. The number of aromatic nitrogens is 3. The van der Waals surface area contributed by atoms with Crippen molar-refractivity contribution in [2.75, 3.05) is 13.2 Å². The van der Waals surface area contributed by atoms with E-state index in [9.17, 15) is 4.79 Å². The van der Waals surface area contributed by atoms with Gasteiger partial charge in [-0.15, -0.1) is 0 Å². The molecule has 7 heteroatoms. The van der Waals surface area contributed by atoms with Crippen molar-refractivity contribution in [1.82, 2.24) is 19.7 Å². The molecule has 1 aromatic heterocycles. The van der Waals surface area contributed by atoms with Crippen molar-refractivity contribution in [1.29, 1.82) is 0 Å². The molecule has 2 saturated heterocycles. The van der Waals surface area contributed by atoms with Crippen molar-refractivity contribution in [2.45, 2.75) is 44.4 Å². The number of rotatable bonds is 5. The Labute approximate surface area is 151 Å². The van der Waals surface area contributed by atoms with Crippen LogP contribution in [0.25, 0.3) is 0 Å². The summed E-state index contributed by atoms with van der Waals surface area (Å²) < 4.78 is 8.37. The van der Waals surface area contributed by atoms with E-state index in [-0.39, 0.29) is 17.9 Å². The fourth-order valence-corrected chi connectivity index (χ4v) is 3.93. The fraction of sp³-hybridized carbons (Fsp3) is 0.500. The lowest BCUT2D eigenvalue weighted by molar-refractivity contribution is -0.128. The quantitative estimate of drug-likeness (QED) is 0.835. The number of likely N-dealkylation sites (tertiary alicyclic amines) is 1. The van der Waals surface area contributed by atoms with Crippen molar-refractivity contribution >= 4 is 18.1 Å². The number of ether oxygens (including phenoxy) is 1. The maximum atomic E-state index is 12.5. The zero-order valence-electron chi connectivity index (χ0n) is 14.1. The van der Waals surface area contributed by atoms with Crippen LogP contribution in [0.3, 0.4) is 0 Å². The zero-order valence-corrected chi connectivity index (χ0v) is 14.9. The van der Waals surface area contributed by atoms with Crippen LogP contribution < -0.4 is 0 Å². The van der Waals surface area contributed by atoms with Crippen molar-refractivity contribution < 1.29 is 9.53 Å². The molecule has 0 saturated carbocycles. The average molecular weight is 358 g/mol. The first-order valence-electron chi connectivity index (χ1n) is 8.79. The van der Waals surface area contributed by atoms with Crippen molar-refractivity contribution in [3.63, 3.8) is 0 Å². The molecule has 4 rings (SSSR count). The van der Waals surface area contributed by atoms with Gasteiger partial charge in [0, 0.05) is 32.0 Å². The van der Waals surface area contributed by atoms with Crippen molar-refractivity contribution in [3.8, 4) is 0 Å². The first kappa shape index (κ1) is 16.5. The van der Waals surface area contributed by atoms with Gasteiger partial charge in [-0.2, -0.15) is 5.10 Å². The molecular weight excluding hydrogens is 336 g/mol. The Balaban J connectivity index is 1.49. The van der Waals surface area contributed by atoms with Gasteiger partial charge in [-0.1, -0.05) is 30.3 Å². The Kier molecular flexibility index (Phi) is 4.67. The normalized spacial score (nSPS) is 23.5. The van der Waals surface area contributed by atoms with Gasteiger partial charge in [0.15, 0.2) is 4.77 Å². The maximum absolute atomic E-state index is 12.5.